The number of aromatic nitrogens is 2. The van der Waals surface area contributed by atoms with Crippen LogP contribution in [0.25, 0.3) is 121 Å². The van der Waals surface area contributed by atoms with Crippen molar-refractivity contribution in [2.45, 2.75) is 0 Å². The van der Waals surface area contributed by atoms with Crippen molar-refractivity contribution >= 4 is 76.5 Å². The van der Waals surface area contributed by atoms with Gasteiger partial charge in [-0.2, -0.15) is 0 Å². The van der Waals surface area contributed by atoms with Crippen LogP contribution in [-0.4, -0.2) is 9.97 Å². The first-order chi connectivity index (χ1) is 27.7. The Morgan fingerprint density at radius 3 is 1.20 bits per heavy atom. The second-order valence-corrected chi connectivity index (χ2v) is 14.5. The van der Waals surface area contributed by atoms with Crippen molar-refractivity contribution < 1.29 is 8.83 Å². The molecule has 0 aliphatic carbocycles. The Balaban J connectivity index is 1.01. The molecule has 12 aromatic rings. The summed E-state index contributed by atoms with van der Waals surface area (Å²) in [6, 6.07) is 60.3. The van der Waals surface area contributed by atoms with Crippen molar-refractivity contribution in [2.75, 3.05) is 0 Å². The highest BCUT2D eigenvalue weighted by Crippen LogP contribution is 2.41. The summed E-state index contributed by atoms with van der Waals surface area (Å²) in [6.07, 6.45) is 3.57. The van der Waals surface area contributed by atoms with Crippen molar-refractivity contribution in [2.24, 2.45) is 0 Å². The molecule has 0 saturated carbocycles. The predicted octanol–water partition coefficient (Wildman–Crippen LogP) is 14.4. The Kier molecular flexibility index (Phi) is 6.60. The minimum absolute atomic E-state index is 0.900. The van der Waals surface area contributed by atoms with Crippen molar-refractivity contribution in [1.29, 1.82) is 0 Å². The SMILES string of the molecule is c1cc(-c2ccc3c(c2)c2cc(-c4cccc(-c5cccc6c5oc5ccccc56)c4)ccc2c2nccnc32)cc(-c2cccc3c2oc2ccccc23)c1. The number of nitrogens with zero attached hydrogens (tertiary/aromatic N) is 2. The highest BCUT2D eigenvalue weighted by Gasteiger charge is 2.17. The number of hydrogen-bond donors (Lipinski definition) is 0. The van der Waals surface area contributed by atoms with Crippen molar-refractivity contribution in [3.63, 3.8) is 0 Å². The second-order valence-electron chi connectivity index (χ2n) is 14.5. The van der Waals surface area contributed by atoms with E-state index in [2.05, 4.69) is 146 Å². The van der Waals surface area contributed by atoms with Gasteiger partial charge in [0.25, 0.3) is 0 Å². The van der Waals surface area contributed by atoms with Crippen LogP contribution in [0.1, 0.15) is 0 Å². The summed E-state index contributed by atoms with van der Waals surface area (Å²) in [5.74, 6) is 0. The molecule has 0 amide bonds. The van der Waals surface area contributed by atoms with Crippen LogP contribution in [0, 0.1) is 0 Å². The Labute approximate surface area is 320 Å². The summed E-state index contributed by atoms with van der Waals surface area (Å²) in [5, 5.41) is 8.95. The van der Waals surface area contributed by atoms with E-state index in [4.69, 9.17) is 18.8 Å². The lowest BCUT2D eigenvalue weighted by molar-refractivity contribution is 0.669. The number of para-hydroxylation sites is 4. The van der Waals surface area contributed by atoms with Crippen molar-refractivity contribution in [3.05, 3.63) is 182 Å². The zero-order chi connectivity index (χ0) is 36.7. The molecule has 0 spiro atoms. The number of fused-ring (bicyclic) bond motifs is 12. The lowest BCUT2D eigenvalue weighted by Gasteiger charge is -2.13. The molecule has 4 heteroatoms. The number of rotatable bonds is 4. The zero-order valence-corrected chi connectivity index (χ0v) is 30.0. The maximum absolute atomic E-state index is 6.42. The van der Waals surface area contributed by atoms with Gasteiger partial charge in [0.05, 0.1) is 11.0 Å². The van der Waals surface area contributed by atoms with Gasteiger partial charge in [-0.3, -0.25) is 9.97 Å². The number of benzene rings is 9. The van der Waals surface area contributed by atoms with Crippen LogP contribution in [0.5, 0.6) is 0 Å². The molecule has 0 atom stereocenters. The van der Waals surface area contributed by atoms with Crippen LogP contribution >= 0.6 is 0 Å². The van der Waals surface area contributed by atoms with Crippen LogP contribution in [0.3, 0.4) is 0 Å². The molecule has 12 rings (SSSR count). The monoisotopic (exact) mass is 714 g/mol. The van der Waals surface area contributed by atoms with Gasteiger partial charge in [-0.25, -0.2) is 0 Å². The predicted molar refractivity (Wildman–Crippen MR) is 231 cm³/mol. The van der Waals surface area contributed by atoms with Gasteiger partial charge in [0, 0.05) is 55.8 Å². The van der Waals surface area contributed by atoms with Crippen LogP contribution in [0.2, 0.25) is 0 Å². The summed E-state index contributed by atoms with van der Waals surface area (Å²) in [7, 11) is 0. The fourth-order valence-electron chi connectivity index (χ4n) is 8.72. The molecule has 3 aromatic heterocycles. The molecule has 0 radical (unpaired) electrons. The normalized spacial score (nSPS) is 11.9. The lowest BCUT2D eigenvalue weighted by atomic mass is 9.92. The van der Waals surface area contributed by atoms with Crippen LogP contribution in [0.15, 0.2) is 191 Å². The molecular weight excluding hydrogens is 685 g/mol. The third-order valence-electron chi connectivity index (χ3n) is 11.4. The van der Waals surface area contributed by atoms with E-state index in [1.165, 1.54) is 0 Å². The second kappa shape index (κ2) is 12.0. The molecule has 0 bridgehead atoms. The van der Waals surface area contributed by atoms with E-state index in [0.717, 1.165) is 121 Å². The Bertz CT molecular complexity index is 3320. The van der Waals surface area contributed by atoms with Gasteiger partial charge in [0.2, 0.25) is 0 Å². The molecule has 0 saturated heterocycles. The third kappa shape index (κ3) is 4.66. The van der Waals surface area contributed by atoms with Crippen molar-refractivity contribution in [3.8, 4) is 44.5 Å². The summed E-state index contributed by atoms with van der Waals surface area (Å²) in [6.45, 7) is 0. The fraction of sp³-hybridized carbons (Fsp3) is 0. The Morgan fingerprint density at radius 2 is 0.696 bits per heavy atom. The van der Waals surface area contributed by atoms with E-state index in [1.54, 1.807) is 12.4 Å². The van der Waals surface area contributed by atoms with E-state index >= 15 is 0 Å². The average Bonchev–Trinajstić information content (AvgIpc) is 3.85. The van der Waals surface area contributed by atoms with Crippen LogP contribution in [0.4, 0.5) is 0 Å². The maximum atomic E-state index is 6.42. The smallest absolute Gasteiger partial charge is 0.143 e. The summed E-state index contributed by atoms with van der Waals surface area (Å²) in [4.78, 5) is 9.69. The first kappa shape index (κ1) is 30.9. The summed E-state index contributed by atoms with van der Waals surface area (Å²) < 4.78 is 12.8. The molecular formula is C52H30N2O2. The quantitative estimate of drug-likeness (QED) is 0.170. The first-order valence-electron chi connectivity index (χ1n) is 18.9. The van der Waals surface area contributed by atoms with E-state index in [1.807, 2.05) is 24.3 Å². The topological polar surface area (TPSA) is 52.1 Å². The van der Waals surface area contributed by atoms with E-state index in [9.17, 15) is 0 Å². The summed E-state index contributed by atoms with van der Waals surface area (Å²) in [5.41, 5.74) is 14.3. The van der Waals surface area contributed by atoms with Gasteiger partial charge in [-0.15, -0.1) is 0 Å². The standard InChI is InChI=1S/C52H30N2O2/c1-3-19-47-39(13-1)43-17-7-15-37(51(43)55-47)35-11-5-9-31(27-35)33-21-23-41-45(29-33)46-30-34(22-24-42(46)50-49(41)53-25-26-54-50)32-10-6-12-36(28-32)38-16-8-18-44-40-14-2-4-20-48(40)56-52(38)44/h1-30H. The van der Waals surface area contributed by atoms with Crippen molar-refractivity contribution in [1.82, 2.24) is 9.97 Å². The van der Waals surface area contributed by atoms with Gasteiger partial charge in [0.15, 0.2) is 0 Å². The molecule has 260 valence electrons. The molecule has 0 aliphatic rings. The van der Waals surface area contributed by atoms with E-state index in [-0.39, 0.29) is 0 Å². The van der Waals surface area contributed by atoms with E-state index in [0.29, 0.717) is 0 Å². The molecule has 0 unspecified atom stereocenters. The average molecular weight is 715 g/mol. The minimum Gasteiger partial charge on any atom is -0.455 e. The van der Waals surface area contributed by atoms with Gasteiger partial charge in [-0.05, 0) is 80.6 Å². The molecule has 0 N–H and O–H groups in total. The molecule has 0 aliphatic heterocycles. The molecule has 0 fully saturated rings. The maximum Gasteiger partial charge on any atom is 0.143 e. The highest BCUT2D eigenvalue weighted by molar-refractivity contribution is 6.24. The van der Waals surface area contributed by atoms with Gasteiger partial charge >= 0.3 is 0 Å². The largest absolute Gasteiger partial charge is 0.455 e. The van der Waals surface area contributed by atoms with E-state index < -0.39 is 0 Å². The van der Waals surface area contributed by atoms with Gasteiger partial charge < -0.3 is 8.83 Å². The number of furan rings is 2. The van der Waals surface area contributed by atoms with Crippen LogP contribution in [-0.2, 0) is 0 Å². The van der Waals surface area contributed by atoms with Gasteiger partial charge in [-0.1, -0.05) is 133 Å². The third-order valence-corrected chi connectivity index (χ3v) is 11.4. The van der Waals surface area contributed by atoms with Gasteiger partial charge in [0.1, 0.15) is 22.3 Å². The zero-order valence-electron chi connectivity index (χ0n) is 30.0. The first-order valence-corrected chi connectivity index (χ1v) is 18.9. The molecule has 4 nitrogen and oxygen atoms in total. The molecule has 56 heavy (non-hydrogen) atoms. The fourth-order valence-corrected chi connectivity index (χ4v) is 8.72. The van der Waals surface area contributed by atoms with Crippen LogP contribution < -0.4 is 0 Å². The molecule has 3 heterocycles. The number of hydrogen-bond acceptors (Lipinski definition) is 4. The Hall–Kier alpha value is -7.56. The minimum atomic E-state index is 0.900. The Morgan fingerprint density at radius 1 is 0.286 bits per heavy atom. The molecule has 9 aromatic carbocycles. The highest BCUT2D eigenvalue weighted by atomic mass is 16.3. The summed E-state index contributed by atoms with van der Waals surface area (Å²) >= 11 is 0. The lowest BCUT2D eigenvalue weighted by Crippen LogP contribution is -1.90.